The van der Waals surface area contributed by atoms with E-state index in [1.807, 2.05) is 6.20 Å². The van der Waals surface area contributed by atoms with Gasteiger partial charge < -0.3 is 25.6 Å². The Morgan fingerprint density at radius 3 is 2.77 bits per heavy atom. The zero-order valence-electron chi connectivity index (χ0n) is 19.1. The average molecular weight is 432 g/mol. The normalized spacial score (nSPS) is 26.9. The minimum absolute atomic E-state index is 0.109. The Kier molecular flexibility index (Phi) is 7.08. The van der Waals surface area contributed by atoms with E-state index in [9.17, 15) is 15.0 Å². The number of aliphatic hydroxyl groups is 2. The maximum Gasteiger partial charge on any atom is 0.218 e. The Morgan fingerprint density at radius 2 is 2.23 bits per heavy atom. The molecule has 7 nitrogen and oxygen atoms in total. The summed E-state index contributed by atoms with van der Waals surface area (Å²) in [6.07, 6.45) is 5.74. The van der Waals surface area contributed by atoms with Crippen LogP contribution in [0.1, 0.15) is 70.5 Å². The fraction of sp³-hybridized carbons (Fsp3) is 0.667. The molecular formula is C24H37N3O4. The van der Waals surface area contributed by atoms with Gasteiger partial charge >= 0.3 is 0 Å². The van der Waals surface area contributed by atoms with Gasteiger partial charge in [-0.2, -0.15) is 0 Å². The number of carbonyl (C=O) groups excluding carboxylic acids is 1. The van der Waals surface area contributed by atoms with E-state index in [4.69, 9.17) is 4.74 Å². The number of aromatic nitrogens is 1. The zero-order chi connectivity index (χ0) is 22.8. The van der Waals surface area contributed by atoms with Crippen LogP contribution in [0.2, 0.25) is 0 Å². The number of amides is 1. The smallest absolute Gasteiger partial charge is 0.218 e. The summed E-state index contributed by atoms with van der Waals surface area (Å²) in [5.74, 6) is 0.369. The van der Waals surface area contributed by atoms with Gasteiger partial charge in [0, 0.05) is 37.7 Å². The molecule has 1 saturated carbocycles. The Balaban J connectivity index is 1.80. The van der Waals surface area contributed by atoms with E-state index in [-0.39, 0.29) is 17.4 Å². The molecule has 1 aliphatic heterocycles. The van der Waals surface area contributed by atoms with Crippen molar-refractivity contribution in [2.75, 3.05) is 6.54 Å². The van der Waals surface area contributed by atoms with E-state index in [1.54, 1.807) is 6.08 Å². The molecule has 0 unspecified atom stereocenters. The number of fused-ring (bicyclic) bond motifs is 1. The lowest BCUT2D eigenvalue weighted by Crippen LogP contribution is -2.60. The standard InChI is InChI=1S/C24H37N3O4/c1-6-7-18(27-15(2)28)20(29)14-25-19-12-24(9-8-21(24)30)31-22-17(19)10-16(13-26-22)11-23(3,4)5/h6,10,13,18-21,25,29-30H,1,7-9,11-12,14H2,2-5H3,(H,27,28)/t18-,19-,20+,21+,24-/m0/s1. The summed E-state index contributed by atoms with van der Waals surface area (Å²) in [5.41, 5.74) is 1.60. The highest BCUT2D eigenvalue weighted by Crippen LogP contribution is 2.48. The molecule has 1 amide bonds. The zero-order valence-corrected chi connectivity index (χ0v) is 19.1. The number of pyridine rings is 1. The lowest BCUT2D eigenvalue weighted by molar-refractivity contribution is -0.145. The first-order valence-electron chi connectivity index (χ1n) is 11.2. The maximum absolute atomic E-state index is 11.5. The van der Waals surface area contributed by atoms with Crippen molar-refractivity contribution >= 4 is 5.91 Å². The van der Waals surface area contributed by atoms with Gasteiger partial charge in [0.15, 0.2) is 0 Å². The fourth-order valence-corrected chi connectivity index (χ4v) is 4.54. The second-order valence-corrected chi connectivity index (χ2v) is 10.3. The Hall–Kier alpha value is -1.96. The largest absolute Gasteiger partial charge is 0.468 e. The van der Waals surface area contributed by atoms with Gasteiger partial charge in [0.25, 0.3) is 0 Å². The molecule has 0 radical (unpaired) electrons. The molecule has 5 atom stereocenters. The second-order valence-electron chi connectivity index (χ2n) is 10.3. The van der Waals surface area contributed by atoms with E-state index in [2.05, 4.69) is 49.0 Å². The monoisotopic (exact) mass is 431 g/mol. The minimum Gasteiger partial charge on any atom is -0.468 e. The van der Waals surface area contributed by atoms with Gasteiger partial charge in [-0.15, -0.1) is 6.58 Å². The SMILES string of the molecule is C=CC[C@H](NC(C)=O)[C@H](O)CN[C@H]1C[C@]2(CC[C@H]2O)Oc2ncc(CC(C)(C)C)cc21. The number of nitrogens with one attached hydrogen (secondary N) is 2. The highest BCUT2D eigenvalue weighted by Gasteiger charge is 2.53. The number of rotatable bonds is 8. The van der Waals surface area contributed by atoms with Gasteiger partial charge in [-0.05, 0) is 42.7 Å². The van der Waals surface area contributed by atoms with Gasteiger partial charge in [-0.3, -0.25) is 4.79 Å². The molecule has 4 N–H and O–H groups in total. The molecular weight excluding hydrogens is 394 g/mol. The maximum atomic E-state index is 11.5. The van der Waals surface area contributed by atoms with Crippen molar-refractivity contribution in [2.45, 2.75) is 89.7 Å². The number of ether oxygens (including phenoxy) is 1. The van der Waals surface area contributed by atoms with E-state index < -0.39 is 23.9 Å². The van der Waals surface area contributed by atoms with Crippen LogP contribution in [0.4, 0.5) is 0 Å². The summed E-state index contributed by atoms with van der Waals surface area (Å²) < 4.78 is 6.19. The fourth-order valence-electron chi connectivity index (χ4n) is 4.54. The third kappa shape index (κ3) is 5.64. The van der Waals surface area contributed by atoms with Crippen LogP contribution in [0.15, 0.2) is 24.9 Å². The van der Waals surface area contributed by atoms with Gasteiger partial charge in [-0.25, -0.2) is 4.98 Å². The van der Waals surface area contributed by atoms with Crippen LogP contribution < -0.4 is 15.4 Å². The molecule has 1 aromatic rings. The topological polar surface area (TPSA) is 104 Å². The molecule has 1 fully saturated rings. The number of nitrogens with zero attached hydrogens (tertiary/aromatic N) is 1. The predicted molar refractivity (Wildman–Crippen MR) is 120 cm³/mol. The van der Waals surface area contributed by atoms with Crippen molar-refractivity contribution in [2.24, 2.45) is 5.41 Å². The molecule has 0 aromatic carbocycles. The Bertz CT molecular complexity index is 807. The lowest BCUT2D eigenvalue weighted by atomic mass is 9.70. The molecule has 1 aliphatic carbocycles. The van der Waals surface area contributed by atoms with E-state index in [0.29, 0.717) is 25.3 Å². The molecule has 31 heavy (non-hydrogen) atoms. The van der Waals surface area contributed by atoms with Crippen LogP contribution in [0.3, 0.4) is 0 Å². The molecule has 0 saturated heterocycles. The van der Waals surface area contributed by atoms with E-state index in [0.717, 1.165) is 30.4 Å². The Morgan fingerprint density at radius 1 is 1.48 bits per heavy atom. The molecule has 2 heterocycles. The molecule has 7 heteroatoms. The third-order valence-electron chi connectivity index (χ3n) is 6.19. The minimum atomic E-state index is -0.777. The van der Waals surface area contributed by atoms with Crippen LogP contribution in [-0.4, -0.2) is 51.5 Å². The van der Waals surface area contributed by atoms with Crippen LogP contribution >= 0.6 is 0 Å². The summed E-state index contributed by atoms with van der Waals surface area (Å²) in [4.78, 5) is 16.1. The van der Waals surface area contributed by atoms with Crippen LogP contribution in [0, 0.1) is 5.41 Å². The van der Waals surface area contributed by atoms with Gasteiger partial charge in [0.1, 0.15) is 5.60 Å². The molecule has 1 aromatic heterocycles. The van der Waals surface area contributed by atoms with Gasteiger partial charge in [0.2, 0.25) is 11.8 Å². The molecule has 0 bridgehead atoms. The summed E-state index contributed by atoms with van der Waals surface area (Å²) in [5, 5.41) is 27.4. The van der Waals surface area contributed by atoms with Crippen molar-refractivity contribution in [3.05, 3.63) is 36.0 Å². The summed E-state index contributed by atoms with van der Waals surface area (Å²) in [6.45, 7) is 12.0. The lowest BCUT2D eigenvalue weighted by Gasteiger charge is -2.50. The van der Waals surface area contributed by atoms with Crippen molar-refractivity contribution in [1.29, 1.82) is 0 Å². The second kappa shape index (κ2) is 9.27. The summed E-state index contributed by atoms with van der Waals surface area (Å²) in [6, 6.07) is 1.61. The first-order chi connectivity index (χ1) is 14.5. The van der Waals surface area contributed by atoms with Crippen molar-refractivity contribution in [1.82, 2.24) is 15.6 Å². The van der Waals surface area contributed by atoms with E-state index in [1.165, 1.54) is 6.92 Å². The average Bonchev–Trinajstić information content (AvgIpc) is 2.68. The molecule has 3 rings (SSSR count). The van der Waals surface area contributed by atoms with E-state index >= 15 is 0 Å². The van der Waals surface area contributed by atoms with Crippen LogP contribution in [-0.2, 0) is 11.2 Å². The quantitative estimate of drug-likeness (QED) is 0.472. The highest BCUT2D eigenvalue weighted by atomic mass is 16.5. The van der Waals surface area contributed by atoms with Crippen molar-refractivity contribution in [3.8, 4) is 5.88 Å². The predicted octanol–water partition coefficient (Wildman–Crippen LogP) is 2.42. The number of aliphatic hydroxyl groups excluding tert-OH is 2. The van der Waals surface area contributed by atoms with Gasteiger partial charge in [-0.1, -0.05) is 26.8 Å². The number of carbonyl (C=O) groups is 1. The molecule has 172 valence electrons. The van der Waals surface area contributed by atoms with Gasteiger partial charge in [0.05, 0.1) is 18.2 Å². The molecule has 1 spiro atoms. The first-order valence-corrected chi connectivity index (χ1v) is 11.2. The van der Waals surface area contributed by atoms with Crippen LogP contribution in [0.25, 0.3) is 0 Å². The van der Waals surface area contributed by atoms with Crippen molar-refractivity contribution < 1.29 is 19.7 Å². The summed E-state index contributed by atoms with van der Waals surface area (Å²) in [7, 11) is 0. The highest BCUT2D eigenvalue weighted by molar-refractivity contribution is 5.73. The first kappa shape index (κ1) is 23.7. The molecule has 2 aliphatic rings. The van der Waals surface area contributed by atoms with Crippen LogP contribution in [0.5, 0.6) is 5.88 Å². The number of hydrogen-bond donors (Lipinski definition) is 4. The summed E-state index contributed by atoms with van der Waals surface area (Å²) >= 11 is 0. The Labute approximate surface area is 185 Å². The van der Waals surface area contributed by atoms with Crippen molar-refractivity contribution in [3.63, 3.8) is 0 Å². The number of hydrogen-bond acceptors (Lipinski definition) is 6. The third-order valence-corrected chi connectivity index (χ3v) is 6.19.